The van der Waals surface area contributed by atoms with Crippen LogP contribution in [0.5, 0.6) is 0 Å². The van der Waals surface area contributed by atoms with Crippen LogP contribution in [-0.2, 0) is 0 Å². The molecule has 0 aliphatic heterocycles. The summed E-state index contributed by atoms with van der Waals surface area (Å²) in [4.78, 5) is 0. The van der Waals surface area contributed by atoms with Crippen molar-refractivity contribution in [2.24, 2.45) is 0 Å². The van der Waals surface area contributed by atoms with Crippen molar-refractivity contribution in [3.05, 3.63) is 433 Å². The Kier molecular flexibility index (Phi) is 22.4. The van der Waals surface area contributed by atoms with Gasteiger partial charge in [-0.2, -0.15) is 0 Å². The molecule has 0 unspecified atom stereocenters. The van der Waals surface area contributed by atoms with Gasteiger partial charge in [-0.3, -0.25) is 0 Å². The van der Waals surface area contributed by atoms with Crippen LogP contribution in [0.3, 0.4) is 0 Å². The van der Waals surface area contributed by atoms with Gasteiger partial charge >= 0.3 is 0 Å². The number of aryl methyl sites for hydroxylation is 7. The summed E-state index contributed by atoms with van der Waals surface area (Å²) in [7, 11) is 0. The fraction of sp³-hybridized carbons (Fsp3) is 0.0609. The molecule has 7 heterocycles. The molecule has 0 N–H and O–H groups in total. The molecular formula is C115H86O2S5. The molecule has 0 saturated carbocycles. The highest BCUT2D eigenvalue weighted by molar-refractivity contribution is 7.27. The van der Waals surface area contributed by atoms with Crippen LogP contribution in [0, 0.1) is 48.5 Å². The minimum atomic E-state index is 0.946. The van der Waals surface area contributed by atoms with E-state index in [0.717, 1.165) is 27.9 Å². The van der Waals surface area contributed by atoms with E-state index in [1.54, 1.807) is 0 Å². The van der Waals surface area contributed by atoms with Gasteiger partial charge in [0.1, 0.15) is 22.3 Å². The predicted octanol–water partition coefficient (Wildman–Crippen LogP) is 36.3. The first-order valence-corrected chi connectivity index (χ1v) is 45.5. The SMILES string of the molecule is Cc1ccc(-c2ccc3oc4ccccc4c3c2)cc1.Cc1ccc(-c2ccc3sc4ccccc4c3c2)cc1.Cc1ccc(-c2cccc3c2oc2ccccc23)cc1.Cc1ccc(-c2cccc3c2sc2ccccc23)cc1.Cc1ccc2c(c1)sc1ccccc12.Cc1ccc2sc3ccccc3c2c1.Cc1cccc2sc3ccccc3c12. The number of hydrogen-bond acceptors (Lipinski definition) is 7. The third kappa shape index (κ3) is 16.4. The van der Waals surface area contributed by atoms with Crippen molar-refractivity contribution in [1.29, 1.82) is 0 Å². The summed E-state index contributed by atoms with van der Waals surface area (Å²) < 4.78 is 25.7. The molecule has 0 atom stereocenters. The van der Waals surface area contributed by atoms with Crippen molar-refractivity contribution in [2.45, 2.75) is 48.5 Å². The van der Waals surface area contributed by atoms with E-state index in [1.165, 1.54) is 200 Å². The maximum atomic E-state index is 6.07. The zero-order chi connectivity index (χ0) is 82.7. The van der Waals surface area contributed by atoms with Gasteiger partial charge in [0.15, 0.2) is 0 Å². The van der Waals surface area contributed by atoms with Gasteiger partial charge in [-0.25, -0.2) is 0 Å². The molecule has 0 amide bonds. The van der Waals surface area contributed by atoms with Crippen LogP contribution in [0.1, 0.15) is 38.9 Å². The Morgan fingerprint density at radius 2 is 0.508 bits per heavy atom. The fourth-order valence-corrected chi connectivity index (χ4v) is 22.1. The Bertz CT molecular complexity index is 7740. The summed E-state index contributed by atoms with van der Waals surface area (Å²) in [6.07, 6.45) is 0. The topological polar surface area (TPSA) is 26.3 Å². The Morgan fingerprint density at radius 1 is 0.172 bits per heavy atom. The molecule has 0 aliphatic carbocycles. The number of thiophene rings is 5. The molecule has 7 aromatic heterocycles. The van der Waals surface area contributed by atoms with E-state index >= 15 is 0 Å². The van der Waals surface area contributed by atoms with Gasteiger partial charge < -0.3 is 8.83 Å². The van der Waals surface area contributed by atoms with Gasteiger partial charge in [0.2, 0.25) is 0 Å². The molecule has 0 fully saturated rings. The lowest BCUT2D eigenvalue weighted by atomic mass is 10.0. The van der Waals surface area contributed by atoms with Crippen LogP contribution in [0.4, 0.5) is 0 Å². The largest absolute Gasteiger partial charge is 0.456 e. The van der Waals surface area contributed by atoms with Crippen molar-refractivity contribution in [3.63, 3.8) is 0 Å². The van der Waals surface area contributed by atoms with Gasteiger partial charge in [0.25, 0.3) is 0 Å². The maximum Gasteiger partial charge on any atom is 0.143 e. The van der Waals surface area contributed by atoms with E-state index in [9.17, 15) is 0 Å². The average molecular weight is 1660 g/mol. The number of hydrogen-bond donors (Lipinski definition) is 0. The molecule has 0 spiro atoms. The maximum absolute atomic E-state index is 6.07. The Balaban J connectivity index is 0.0000000942. The Morgan fingerprint density at radius 3 is 1.09 bits per heavy atom. The second-order valence-corrected chi connectivity index (χ2v) is 36.8. The number of fused-ring (bicyclic) bond motifs is 21. The first-order chi connectivity index (χ1) is 59.8. The molecule has 2 nitrogen and oxygen atoms in total. The van der Waals surface area contributed by atoms with E-state index in [2.05, 4.69) is 419 Å². The van der Waals surface area contributed by atoms with Crippen LogP contribution in [0.25, 0.3) is 189 Å². The molecule has 0 bridgehead atoms. The average Bonchev–Trinajstić information content (AvgIpc) is 1.65. The smallest absolute Gasteiger partial charge is 0.143 e. The molecule has 18 aromatic carbocycles. The molecule has 7 heteroatoms. The first kappa shape index (κ1) is 78.5. The second kappa shape index (κ2) is 34.8. The van der Waals surface area contributed by atoms with Gasteiger partial charge in [-0.1, -0.05) is 331 Å². The van der Waals surface area contributed by atoms with Crippen molar-refractivity contribution in [3.8, 4) is 44.5 Å². The summed E-state index contributed by atoms with van der Waals surface area (Å²) >= 11 is 9.38. The van der Waals surface area contributed by atoms with E-state index < -0.39 is 0 Å². The minimum absolute atomic E-state index is 0.946. The monoisotopic (exact) mass is 1660 g/mol. The van der Waals surface area contributed by atoms with Gasteiger partial charge in [0, 0.05) is 128 Å². The van der Waals surface area contributed by atoms with E-state index in [-0.39, 0.29) is 0 Å². The Hall–Kier alpha value is -13.3. The predicted molar refractivity (Wildman–Crippen MR) is 539 cm³/mol. The van der Waals surface area contributed by atoms with Crippen LogP contribution < -0.4 is 0 Å². The molecule has 0 saturated heterocycles. The molecule has 25 aromatic rings. The molecular weight excluding hydrogens is 1570 g/mol. The lowest BCUT2D eigenvalue weighted by Gasteiger charge is -2.04. The fourth-order valence-electron chi connectivity index (χ4n) is 16.3. The van der Waals surface area contributed by atoms with Gasteiger partial charge in [-0.15, -0.1) is 56.7 Å². The number of furan rings is 2. The van der Waals surface area contributed by atoms with Crippen molar-refractivity contribution in [2.75, 3.05) is 0 Å². The van der Waals surface area contributed by atoms with Crippen LogP contribution in [0.2, 0.25) is 0 Å². The summed E-state index contributed by atoms with van der Waals surface area (Å²) in [6, 6.07) is 140. The zero-order valence-electron chi connectivity index (χ0n) is 68.9. The summed E-state index contributed by atoms with van der Waals surface area (Å²) in [5.41, 5.74) is 23.0. The van der Waals surface area contributed by atoms with E-state index in [0.29, 0.717) is 0 Å². The standard InChI is InChI=1S/2C19H14O.2C19H14S.3C13H10S/c1-13-9-11-14(12-10-13)15-6-4-7-17-16-5-2-3-8-18(16)20-19(15)17;1-13-6-8-14(9-7-13)15-10-11-19-17(12-15)16-4-2-3-5-18(16)20-19;1-13-9-11-14(12-10-13)15-6-4-7-17-16-5-2-3-8-18(16)20-19(15)17;1-13-6-8-14(9-7-13)15-10-11-19-17(12-15)16-4-2-3-5-18(16)20-19;1-9-5-4-8-12-13(9)10-6-2-3-7-11(10)14-12;1-9-6-7-13-11(8-9)10-4-2-3-5-12(10)14-13;1-9-6-7-11-10-4-2-3-5-12(10)14-13(11)8-9/h4*2-12H,1H3;3*2-8H,1H3. The van der Waals surface area contributed by atoms with Crippen molar-refractivity contribution >= 4 is 201 Å². The number of rotatable bonds is 4. The highest BCUT2D eigenvalue weighted by Crippen LogP contribution is 2.44. The molecule has 0 aliphatic rings. The molecule has 0 radical (unpaired) electrons. The minimum Gasteiger partial charge on any atom is -0.456 e. The van der Waals surface area contributed by atoms with E-state index in [1.807, 2.05) is 80.9 Å². The summed E-state index contributed by atoms with van der Waals surface area (Å²) in [6.45, 7) is 14.9. The molecule has 588 valence electrons. The first-order valence-electron chi connectivity index (χ1n) is 41.4. The third-order valence-electron chi connectivity index (χ3n) is 22.7. The highest BCUT2D eigenvalue weighted by Gasteiger charge is 2.16. The van der Waals surface area contributed by atoms with Crippen LogP contribution in [0.15, 0.2) is 403 Å². The number of para-hydroxylation sites is 3. The van der Waals surface area contributed by atoms with E-state index in [4.69, 9.17) is 8.83 Å². The molecule has 25 rings (SSSR count). The Labute approximate surface area is 730 Å². The molecule has 122 heavy (non-hydrogen) atoms. The van der Waals surface area contributed by atoms with Crippen LogP contribution in [-0.4, -0.2) is 0 Å². The van der Waals surface area contributed by atoms with Crippen molar-refractivity contribution in [1.82, 2.24) is 0 Å². The lowest BCUT2D eigenvalue weighted by molar-refractivity contribution is 0.669. The summed E-state index contributed by atoms with van der Waals surface area (Å²) in [5.74, 6) is 0. The lowest BCUT2D eigenvalue weighted by Crippen LogP contribution is -1.79. The normalized spacial score (nSPS) is 11.2. The van der Waals surface area contributed by atoms with Gasteiger partial charge in [0.05, 0.1) is 0 Å². The number of benzene rings is 18. The van der Waals surface area contributed by atoms with Crippen LogP contribution >= 0.6 is 56.7 Å². The highest BCUT2D eigenvalue weighted by atomic mass is 32.1. The van der Waals surface area contributed by atoms with Crippen molar-refractivity contribution < 1.29 is 8.83 Å². The summed E-state index contributed by atoms with van der Waals surface area (Å²) in [5, 5.41) is 18.5. The second-order valence-electron chi connectivity index (χ2n) is 31.4. The third-order valence-corrected chi connectivity index (χ3v) is 28.5. The quantitative estimate of drug-likeness (QED) is 0.176. The zero-order valence-corrected chi connectivity index (χ0v) is 73.0. The van der Waals surface area contributed by atoms with Gasteiger partial charge in [-0.05, 0) is 190 Å².